The van der Waals surface area contributed by atoms with Gasteiger partial charge in [0.15, 0.2) is 5.16 Å². The Hall–Kier alpha value is -2.12. The summed E-state index contributed by atoms with van der Waals surface area (Å²) in [5, 5.41) is 4.39. The highest BCUT2D eigenvalue weighted by molar-refractivity contribution is 7.99. The summed E-state index contributed by atoms with van der Waals surface area (Å²) in [5.41, 5.74) is 4.33. The number of fused-ring (bicyclic) bond motifs is 3. The largest absolute Gasteiger partial charge is 0.355 e. The first kappa shape index (κ1) is 20.8. The molecule has 2 aromatic heterocycles. The Kier molecular flexibility index (Phi) is 5.65. The Labute approximate surface area is 190 Å². The summed E-state index contributed by atoms with van der Waals surface area (Å²) >= 11 is 3.01. The molecule has 2 aliphatic carbocycles. The molecule has 1 fully saturated rings. The fraction of sp³-hybridized carbons (Fsp3) is 0.458. The summed E-state index contributed by atoms with van der Waals surface area (Å²) in [5.74, 6) is 0.915. The first-order valence-electron chi connectivity index (χ1n) is 11.1. The number of aryl methyl sites for hydroxylation is 4. The van der Waals surface area contributed by atoms with E-state index in [1.165, 1.54) is 47.0 Å². The lowest BCUT2D eigenvalue weighted by molar-refractivity contribution is -0.118. The molecule has 1 saturated carbocycles. The van der Waals surface area contributed by atoms with Gasteiger partial charge in [-0.3, -0.25) is 14.2 Å². The van der Waals surface area contributed by atoms with Crippen LogP contribution in [0.2, 0.25) is 0 Å². The van der Waals surface area contributed by atoms with Crippen molar-refractivity contribution in [1.29, 1.82) is 0 Å². The van der Waals surface area contributed by atoms with Crippen LogP contribution >= 0.6 is 23.1 Å². The molecule has 0 bridgehead atoms. The van der Waals surface area contributed by atoms with Gasteiger partial charge in [-0.1, -0.05) is 17.8 Å². The maximum Gasteiger partial charge on any atom is 0.267 e. The van der Waals surface area contributed by atoms with Crippen LogP contribution in [0.25, 0.3) is 15.9 Å². The molecule has 0 saturated heterocycles. The number of carbonyl (C=O) groups excluding carboxylic acids is 1. The SMILES string of the molecule is Cc1ccc(-n2c(SCC(=O)NCC3CC3)nc3sc4c(c3c2=O)CCCC4)cc1C. The van der Waals surface area contributed by atoms with E-state index in [9.17, 15) is 9.59 Å². The minimum Gasteiger partial charge on any atom is -0.355 e. The van der Waals surface area contributed by atoms with Crippen LogP contribution < -0.4 is 10.9 Å². The first-order chi connectivity index (χ1) is 15.0. The molecule has 0 aliphatic heterocycles. The summed E-state index contributed by atoms with van der Waals surface area (Å²) in [6.07, 6.45) is 6.70. The van der Waals surface area contributed by atoms with Gasteiger partial charge in [0.05, 0.1) is 16.8 Å². The van der Waals surface area contributed by atoms with Crippen molar-refractivity contribution in [3.8, 4) is 5.69 Å². The van der Waals surface area contributed by atoms with Crippen molar-refractivity contribution >= 4 is 39.2 Å². The van der Waals surface area contributed by atoms with Gasteiger partial charge < -0.3 is 5.32 Å². The van der Waals surface area contributed by atoms with Crippen LogP contribution in [0.1, 0.15) is 47.3 Å². The third-order valence-corrected chi connectivity index (χ3v) is 8.45. The standard InChI is InChI=1S/C24H27N3O2S2/c1-14-7-10-17(11-15(14)2)27-23(29)21-18-5-3-4-6-19(18)31-22(21)26-24(27)30-13-20(28)25-12-16-8-9-16/h7,10-11,16H,3-6,8-9,12-13H2,1-2H3,(H,25,28). The average Bonchev–Trinajstić information content (AvgIpc) is 3.51. The zero-order valence-corrected chi connectivity index (χ0v) is 19.6. The molecule has 3 aromatic rings. The molecule has 2 aliphatic rings. The maximum atomic E-state index is 13.8. The van der Waals surface area contributed by atoms with Crippen molar-refractivity contribution < 1.29 is 4.79 Å². The summed E-state index contributed by atoms with van der Waals surface area (Å²) in [6, 6.07) is 6.06. The van der Waals surface area contributed by atoms with Gasteiger partial charge in [-0.25, -0.2) is 4.98 Å². The number of hydrogen-bond acceptors (Lipinski definition) is 5. The molecule has 31 heavy (non-hydrogen) atoms. The van der Waals surface area contributed by atoms with E-state index in [0.717, 1.165) is 47.3 Å². The van der Waals surface area contributed by atoms with E-state index in [1.54, 1.807) is 15.9 Å². The van der Waals surface area contributed by atoms with Crippen molar-refractivity contribution in [2.75, 3.05) is 12.3 Å². The molecule has 0 spiro atoms. The Morgan fingerprint density at radius 2 is 2.03 bits per heavy atom. The molecule has 1 amide bonds. The Morgan fingerprint density at radius 3 is 2.81 bits per heavy atom. The molecule has 2 heterocycles. The monoisotopic (exact) mass is 453 g/mol. The number of nitrogens with zero attached hydrogens (tertiary/aromatic N) is 2. The highest BCUT2D eigenvalue weighted by Gasteiger charge is 2.24. The van der Waals surface area contributed by atoms with Crippen molar-refractivity contribution in [2.45, 2.75) is 57.5 Å². The van der Waals surface area contributed by atoms with Crippen LogP contribution in [0.3, 0.4) is 0 Å². The minimum atomic E-state index is -0.00598. The van der Waals surface area contributed by atoms with E-state index >= 15 is 0 Å². The van der Waals surface area contributed by atoms with E-state index < -0.39 is 0 Å². The number of hydrogen-bond donors (Lipinski definition) is 1. The molecule has 5 nitrogen and oxygen atoms in total. The molecule has 0 unspecified atom stereocenters. The van der Waals surface area contributed by atoms with E-state index in [1.807, 2.05) is 18.2 Å². The average molecular weight is 454 g/mol. The molecule has 0 radical (unpaired) electrons. The quantitative estimate of drug-likeness (QED) is 0.439. The Bertz CT molecular complexity index is 1220. The highest BCUT2D eigenvalue weighted by Crippen LogP contribution is 2.35. The molecule has 7 heteroatoms. The van der Waals surface area contributed by atoms with Crippen molar-refractivity contribution in [1.82, 2.24) is 14.9 Å². The fourth-order valence-corrected chi connectivity index (χ4v) is 6.28. The third kappa shape index (κ3) is 4.17. The van der Waals surface area contributed by atoms with Gasteiger partial charge in [-0.15, -0.1) is 11.3 Å². The molecule has 5 rings (SSSR count). The number of nitrogens with one attached hydrogen (secondary N) is 1. The Balaban J connectivity index is 1.57. The molecular formula is C24H27N3O2S2. The molecule has 162 valence electrons. The number of carbonyl (C=O) groups is 1. The van der Waals surface area contributed by atoms with Gasteiger partial charge in [-0.2, -0.15) is 0 Å². The van der Waals surface area contributed by atoms with Crippen molar-refractivity contribution in [2.24, 2.45) is 5.92 Å². The molecule has 0 atom stereocenters. The van der Waals surface area contributed by atoms with Crippen molar-refractivity contribution in [3.05, 3.63) is 50.1 Å². The Morgan fingerprint density at radius 1 is 1.23 bits per heavy atom. The fourth-order valence-electron chi connectivity index (χ4n) is 4.14. The van der Waals surface area contributed by atoms with E-state index in [2.05, 4.69) is 19.2 Å². The number of rotatable bonds is 6. The predicted molar refractivity (Wildman–Crippen MR) is 128 cm³/mol. The van der Waals surface area contributed by atoms with Crippen LogP contribution in [-0.4, -0.2) is 27.8 Å². The van der Waals surface area contributed by atoms with Gasteiger partial charge in [0.1, 0.15) is 4.83 Å². The third-order valence-electron chi connectivity index (χ3n) is 6.32. The number of thiophene rings is 1. The van der Waals surface area contributed by atoms with Gasteiger partial charge >= 0.3 is 0 Å². The highest BCUT2D eigenvalue weighted by atomic mass is 32.2. The first-order valence-corrected chi connectivity index (χ1v) is 12.9. The van der Waals surface area contributed by atoms with Crippen molar-refractivity contribution in [3.63, 3.8) is 0 Å². The van der Waals surface area contributed by atoms with Crippen LogP contribution in [-0.2, 0) is 17.6 Å². The summed E-state index contributed by atoms with van der Waals surface area (Å²) in [4.78, 5) is 33.2. The predicted octanol–water partition coefficient (Wildman–Crippen LogP) is 4.56. The molecule has 1 aromatic carbocycles. The zero-order chi connectivity index (χ0) is 21.5. The van der Waals surface area contributed by atoms with Crippen LogP contribution in [0.4, 0.5) is 0 Å². The van der Waals surface area contributed by atoms with E-state index in [4.69, 9.17) is 4.98 Å². The normalized spacial score (nSPS) is 15.8. The lowest BCUT2D eigenvalue weighted by Crippen LogP contribution is -2.28. The topological polar surface area (TPSA) is 64.0 Å². The minimum absolute atomic E-state index is 0.00311. The summed E-state index contributed by atoms with van der Waals surface area (Å²) in [7, 11) is 0. The van der Waals surface area contributed by atoms with E-state index in [-0.39, 0.29) is 17.2 Å². The van der Waals surface area contributed by atoms with Crippen LogP contribution in [0.5, 0.6) is 0 Å². The van der Waals surface area contributed by atoms with Gasteiger partial charge in [-0.05, 0) is 87.1 Å². The second-order valence-electron chi connectivity index (χ2n) is 8.73. The number of benzene rings is 1. The molecular weight excluding hydrogens is 426 g/mol. The van der Waals surface area contributed by atoms with Crippen LogP contribution in [0.15, 0.2) is 28.2 Å². The van der Waals surface area contributed by atoms with Crippen LogP contribution in [0, 0.1) is 19.8 Å². The second-order valence-corrected chi connectivity index (χ2v) is 10.8. The molecule has 1 N–H and O–H groups in total. The lowest BCUT2D eigenvalue weighted by Gasteiger charge is -2.14. The summed E-state index contributed by atoms with van der Waals surface area (Å²) in [6.45, 7) is 4.88. The van der Waals surface area contributed by atoms with Gasteiger partial charge in [0, 0.05) is 11.4 Å². The van der Waals surface area contributed by atoms with Gasteiger partial charge in [0.25, 0.3) is 5.56 Å². The summed E-state index contributed by atoms with van der Waals surface area (Å²) < 4.78 is 1.72. The number of amides is 1. The van der Waals surface area contributed by atoms with Gasteiger partial charge in [0.2, 0.25) is 5.91 Å². The second kappa shape index (κ2) is 8.43. The zero-order valence-electron chi connectivity index (χ0n) is 18.0. The number of aromatic nitrogens is 2. The van der Waals surface area contributed by atoms with E-state index in [0.29, 0.717) is 11.1 Å². The maximum absolute atomic E-state index is 13.8. The lowest BCUT2D eigenvalue weighted by atomic mass is 9.97. The number of thioether (sulfide) groups is 1. The smallest absolute Gasteiger partial charge is 0.267 e.